The van der Waals surface area contributed by atoms with Gasteiger partial charge in [0.15, 0.2) is 0 Å². The van der Waals surface area contributed by atoms with E-state index in [1.54, 1.807) is 11.9 Å². The number of fused-ring (bicyclic) bond motifs is 2. The second-order valence-electron chi connectivity index (χ2n) is 13.5. The van der Waals surface area contributed by atoms with Crippen LogP contribution in [0.1, 0.15) is 88.2 Å². The number of hydrogen-bond acceptors (Lipinski definition) is 4. The molecule has 1 aliphatic carbocycles. The molecule has 0 bridgehead atoms. The van der Waals surface area contributed by atoms with Crippen LogP contribution < -0.4 is 16.0 Å². The molecule has 0 saturated heterocycles. The van der Waals surface area contributed by atoms with Gasteiger partial charge in [-0.3, -0.25) is 14.4 Å². The molecule has 7 heteroatoms. The van der Waals surface area contributed by atoms with Crippen molar-refractivity contribution in [1.29, 1.82) is 0 Å². The largest absolute Gasteiger partial charge is 0.347 e. The third-order valence-corrected chi connectivity index (χ3v) is 8.23. The summed E-state index contributed by atoms with van der Waals surface area (Å²) in [6.07, 6.45) is 3.34. The standard InChI is InChI=1S/C33H46N4O3/c1-32(2,3)24-16-15-22-18-27(30(39)35-26-14-10-12-21-11-8-9-13-25(21)26)37(20-23(22)17-24)31(40)29(33(4,5)6)36-28(38)19-34-7/h8-9,11,13,15-17,26-27,29,34H,10,12,14,18-20H2,1-7H3,(H,35,39)(H,36,38)/t26-,27+,29-/m1/s1. The fourth-order valence-electron chi connectivity index (χ4n) is 5.88. The number of hydrogen-bond donors (Lipinski definition) is 3. The van der Waals surface area contributed by atoms with E-state index in [4.69, 9.17) is 0 Å². The fourth-order valence-corrected chi connectivity index (χ4v) is 5.88. The van der Waals surface area contributed by atoms with Crippen molar-refractivity contribution in [2.45, 2.75) is 97.3 Å². The molecule has 0 spiro atoms. The highest BCUT2D eigenvalue weighted by atomic mass is 16.2. The molecule has 1 heterocycles. The van der Waals surface area contributed by atoms with Gasteiger partial charge < -0.3 is 20.9 Å². The molecule has 216 valence electrons. The second-order valence-corrected chi connectivity index (χ2v) is 13.5. The maximum atomic E-state index is 14.3. The predicted octanol–water partition coefficient (Wildman–Crippen LogP) is 4.18. The van der Waals surface area contributed by atoms with Crippen molar-refractivity contribution < 1.29 is 14.4 Å². The zero-order valence-corrected chi connectivity index (χ0v) is 25.2. The average Bonchev–Trinajstić information content (AvgIpc) is 2.89. The van der Waals surface area contributed by atoms with Crippen LogP contribution in [0.3, 0.4) is 0 Å². The van der Waals surface area contributed by atoms with E-state index in [-0.39, 0.29) is 35.7 Å². The Morgan fingerprint density at radius 2 is 1.70 bits per heavy atom. The number of aryl methyl sites for hydroxylation is 1. The van der Waals surface area contributed by atoms with Crippen molar-refractivity contribution in [3.63, 3.8) is 0 Å². The molecule has 0 fully saturated rings. The molecule has 3 amide bonds. The summed E-state index contributed by atoms with van der Waals surface area (Å²) in [7, 11) is 1.70. The number of amides is 3. The van der Waals surface area contributed by atoms with Crippen LogP contribution in [-0.2, 0) is 39.2 Å². The lowest BCUT2D eigenvalue weighted by molar-refractivity contribution is -0.147. The zero-order chi connectivity index (χ0) is 29.2. The summed E-state index contributed by atoms with van der Waals surface area (Å²) in [5.74, 6) is -0.620. The van der Waals surface area contributed by atoms with Crippen LogP contribution in [0.25, 0.3) is 0 Å². The number of nitrogens with zero attached hydrogens (tertiary/aromatic N) is 1. The van der Waals surface area contributed by atoms with E-state index in [1.807, 2.05) is 32.9 Å². The van der Waals surface area contributed by atoms with Crippen LogP contribution in [0.5, 0.6) is 0 Å². The lowest BCUT2D eigenvalue weighted by atomic mass is 9.81. The SMILES string of the molecule is CNCC(=O)N[C@H](C(=O)N1Cc2cc(C(C)(C)C)ccc2C[C@H]1C(=O)N[C@@H]1CCCc2ccccc21)C(C)(C)C. The van der Waals surface area contributed by atoms with Gasteiger partial charge in [-0.2, -0.15) is 0 Å². The fraction of sp³-hybridized carbons (Fsp3) is 0.545. The van der Waals surface area contributed by atoms with Gasteiger partial charge in [-0.15, -0.1) is 0 Å². The van der Waals surface area contributed by atoms with E-state index >= 15 is 0 Å². The number of likely N-dealkylation sites (N-methyl/N-ethyl adjacent to an activating group) is 1. The van der Waals surface area contributed by atoms with Crippen molar-refractivity contribution in [3.05, 3.63) is 70.3 Å². The molecule has 3 N–H and O–H groups in total. The minimum atomic E-state index is -0.772. The lowest BCUT2D eigenvalue weighted by Crippen LogP contribution is -2.61. The number of carbonyl (C=O) groups excluding carboxylic acids is 3. The molecule has 0 saturated carbocycles. The molecule has 2 aromatic carbocycles. The van der Waals surface area contributed by atoms with Crippen molar-refractivity contribution >= 4 is 17.7 Å². The minimum Gasteiger partial charge on any atom is -0.347 e. The van der Waals surface area contributed by atoms with Crippen LogP contribution in [-0.4, -0.2) is 48.3 Å². The van der Waals surface area contributed by atoms with Gasteiger partial charge in [-0.05, 0) is 65.0 Å². The Labute approximate surface area is 239 Å². The van der Waals surface area contributed by atoms with Gasteiger partial charge in [-0.25, -0.2) is 0 Å². The molecule has 0 aromatic heterocycles. The van der Waals surface area contributed by atoms with Gasteiger partial charge in [0.05, 0.1) is 12.6 Å². The third kappa shape index (κ3) is 6.57. The maximum absolute atomic E-state index is 14.3. The topological polar surface area (TPSA) is 90.5 Å². The molecule has 2 aliphatic rings. The van der Waals surface area contributed by atoms with Crippen LogP contribution in [0.4, 0.5) is 0 Å². The summed E-state index contributed by atoms with van der Waals surface area (Å²) >= 11 is 0. The maximum Gasteiger partial charge on any atom is 0.246 e. The Kier molecular flexibility index (Phi) is 8.74. The highest BCUT2D eigenvalue weighted by Crippen LogP contribution is 2.33. The predicted molar refractivity (Wildman–Crippen MR) is 159 cm³/mol. The number of nitrogens with one attached hydrogen (secondary N) is 3. The molecule has 2 aromatic rings. The molecule has 4 rings (SSSR count). The monoisotopic (exact) mass is 546 g/mol. The number of benzene rings is 2. The van der Waals surface area contributed by atoms with Gasteiger partial charge in [0, 0.05) is 13.0 Å². The Morgan fingerprint density at radius 3 is 2.38 bits per heavy atom. The van der Waals surface area contributed by atoms with Gasteiger partial charge in [-0.1, -0.05) is 84.0 Å². The van der Waals surface area contributed by atoms with E-state index in [0.717, 1.165) is 36.0 Å². The zero-order valence-electron chi connectivity index (χ0n) is 25.2. The summed E-state index contributed by atoms with van der Waals surface area (Å²) in [5.41, 5.74) is 5.19. The summed E-state index contributed by atoms with van der Waals surface area (Å²) in [6.45, 7) is 12.8. The van der Waals surface area contributed by atoms with Crippen LogP contribution in [0, 0.1) is 5.41 Å². The normalized spacial score (nSPS) is 19.7. The molecule has 1 aliphatic heterocycles. The third-order valence-electron chi connectivity index (χ3n) is 8.23. The highest BCUT2D eigenvalue weighted by Gasteiger charge is 2.42. The molecular weight excluding hydrogens is 500 g/mol. The summed E-state index contributed by atoms with van der Waals surface area (Å²) in [5, 5.41) is 9.10. The number of carbonyl (C=O) groups is 3. The van der Waals surface area contributed by atoms with E-state index in [2.05, 4.69) is 67.1 Å². The first-order valence-electron chi connectivity index (χ1n) is 14.5. The van der Waals surface area contributed by atoms with Crippen molar-refractivity contribution in [2.24, 2.45) is 5.41 Å². The van der Waals surface area contributed by atoms with Gasteiger partial charge in [0.1, 0.15) is 12.1 Å². The van der Waals surface area contributed by atoms with Crippen molar-refractivity contribution in [1.82, 2.24) is 20.9 Å². The van der Waals surface area contributed by atoms with Gasteiger partial charge >= 0.3 is 0 Å². The van der Waals surface area contributed by atoms with E-state index in [0.29, 0.717) is 13.0 Å². The van der Waals surface area contributed by atoms with Crippen molar-refractivity contribution in [3.8, 4) is 0 Å². The van der Waals surface area contributed by atoms with Gasteiger partial charge in [0.2, 0.25) is 17.7 Å². The van der Waals surface area contributed by atoms with Crippen LogP contribution in [0.15, 0.2) is 42.5 Å². The van der Waals surface area contributed by atoms with Crippen LogP contribution >= 0.6 is 0 Å². The average molecular weight is 547 g/mol. The van der Waals surface area contributed by atoms with Crippen molar-refractivity contribution in [2.75, 3.05) is 13.6 Å². The highest BCUT2D eigenvalue weighted by molar-refractivity contribution is 5.93. The Bertz CT molecular complexity index is 1260. The smallest absolute Gasteiger partial charge is 0.246 e. The first kappa shape index (κ1) is 29.8. The second kappa shape index (κ2) is 11.7. The molecule has 0 unspecified atom stereocenters. The Balaban J connectivity index is 1.69. The quantitative estimate of drug-likeness (QED) is 0.507. The first-order chi connectivity index (χ1) is 18.8. The van der Waals surface area contributed by atoms with E-state index < -0.39 is 17.5 Å². The van der Waals surface area contributed by atoms with E-state index in [1.165, 1.54) is 11.1 Å². The molecule has 3 atom stereocenters. The summed E-state index contributed by atoms with van der Waals surface area (Å²) < 4.78 is 0. The molecule has 40 heavy (non-hydrogen) atoms. The Morgan fingerprint density at radius 1 is 0.975 bits per heavy atom. The number of rotatable bonds is 6. The van der Waals surface area contributed by atoms with E-state index in [9.17, 15) is 14.4 Å². The summed E-state index contributed by atoms with van der Waals surface area (Å²) in [6, 6.07) is 13.2. The molecule has 7 nitrogen and oxygen atoms in total. The van der Waals surface area contributed by atoms with Gasteiger partial charge in [0.25, 0.3) is 0 Å². The first-order valence-corrected chi connectivity index (χ1v) is 14.5. The summed E-state index contributed by atoms with van der Waals surface area (Å²) in [4.78, 5) is 42.6. The van der Waals surface area contributed by atoms with Crippen LogP contribution in [0.2, 0.25) is 0 Å². The molecular formula is C33H46N4O3. The molecule has 0 radical (unpaired) electrons. The Hall–Kier alpha value is -3.19. The lowest BCUT2D eigenvalue weighted by Gasteiger charge is -2.42. The minimum absolute atomic E-state index is 0.0401.